The molecule has 0 spiro atoms. The van der Waals surface area contributed by atoms with Gasteiger partial charge in [0.1, 0.15) is 10.8 Å². The van der Waals surface area contributed by atoms with Gasteiger partial charge in [-0.2, -0.15) is 0 Å². The van der Waals surface area contributed by atoms with Crippen molar-refractivity contribution in [3.63, 3.8) is 0 Å². The fourth-order valence-corrected chi connectivity index (χ4v) is 1.97. The molecular weight excluding hydrogens is 261 g/mol. The number of hydrogen-bond donors (Lipinski definition) is 2. The maximum absolute atomic E-state index is 12.9. The molecule has 2 aromatic rings. The van der Waals surface area contributed by atoms with E-state index >= 15 is 0 Å². The highest BCUT2D eigenvalue weighted by Gasteiger charge is 2.10. The number of hydrogen-bond acceptors (Lipinski definition) is 3. The van der Waals surface area contributed by atoms with Gasteiger partial charge in [-0.1, -0.05) is 24.4 Å². The largest absolute Gasteiger partial charge is 0.389 e. The Kier molecular flexibility index (Phi) is 4.06. The lowest BCUT2D eigenvalue weighted by molar-refractivity contribution is 0.626. The highest BCUT2D eigenvalue weighted by Crippen LogP contribution is 2.21. The first kappa shape index (κ1) is 13.4. The van der Waals surface area contributed by atoms with Gasteiger partial charge in [0.05, 0.1) is 11.9 Å². The number of nitrogens with one attached hydrogen (secondary N) is 1. The standard InChI is InChI=1S/C14H14FN3S/c1-9(10-2-4-11(15)5-3-10)18-13-8-17-7-6-12(13)14(16)19/h2-9,18H,1H3,(H2,16,19). The van der Waals surface area contributed by atoms with Crippen LogP contribution in [0, 0.1) is 5.82 Å². The van der Waals surface area contributed by atoms with Gasteiger partial charge in [-0.3, -0.25) is 4.98 Å². The number of pyridine rings is 1. The summed E-state index contributed by atoms with van der Waals surface area (Å²) in [5.41, 5.74) is 8.15. The van der Waals surface area contributed by atoms with Crippen LogP contribution in [0.3, 0.4) is 0 Å². The van der Waals surface area contributed by atoms with Crippen molar-refractivity contribution < 1.29 is 4.39 Å². The fraction of sp³-hybridized carbons (Fsp3) is 0.143. The quantitative estimate of drug-likeness (QED) is 0.842. The lowest BCUT2D eigenvalue weighted by Crippen LogP contribution is -2.15. The summed E-state index contributed by atoms with van der Waals surface area (Å²) in [6.07, 6.45) is 3.32. The third kappa shape index (κ3) is 3.26. The van der Waals surface area contributed by atoms with Crippen molar-refractivity contribution in [3.05, 3.63) is 59.7 Å². The molecule has 1 aromatic heterocycles. The summed E-state index contributed by atoms with van der Waals surface area (Å²) in [5.74, 6) is -0.249. The monoisotopic (exact) mass is 275 g/mol. The molecule has 1 aromatic carbocycles. The smallest absolute Gasteiger partial charge is 0.123 e. The molecule has 0 amide bonds. The van der Waals surface area contributed by atoms with E-state index in [0.29, 0.717) is 4.99 Å². The summed E-state index contributed by atoms with van der Waals surface area (Å²) in [6, 6.07) is 8.12. The zero-order chi connectivity index (χ0) is 13.8. The second-order valence-electron chi connectivity index (χ2n) is 4.20. The third-order valence-electron chi connectivity index (χ3n) is 2.83. The van der Waals surface area contributed by atoms with Gasteiger partial charge < -0.3 is 11.1 Å². The Morgan fingerprint density at radius 2 is 2.00 bits per heavy atom. The molecule has 98 valence electrons. The Balaban J connectivity index is 2.21. The molecule has 1 heterocycles. The summed E-state index contributed by atoms with van der Waals surface area (Å²) in [6.45, 7) is 1.98. The number of nitrogens with zero attached hydrogens (tertiary/aromatic N) is 1. The number of rotatable bonds is 4. The predicted octanol–water partition coefficient (Wildman–Crippen LogP) is 3.03. The van der Waals surface area contributed by atoms with Gasteiger partial charge in [-0.15, -0.1) is 0 Å². The predicted molar refractivity (Wildman–Crippen MR) is 78.6 cm³/mol. The summed E-state index contributed by atoms with van der Waals surface area (Å²) < 4.78 is 12.9. The lowest BCUT2D eigenvalue weighted by atomic mass is 10.1. The van der Waals surface area contributed by atoms with Gasteiger partial charge in [-0.05, 0) is 30.7 Å². The van der Waals surface area contributed by atoms with E-state index in [1.54, 1.807) is 30.6 Å². The normalized spacial score (nSPS) is 11.9. The zero-order valence-corrected chi connectivity index (χ0v) is 11.2. The van der Waals surface area contributed by atoms with Crippen LogP contribution in [0.2, 0.25) is 0 Å². The Bertz CT molecular complexity index is 583. The summed E-state index contributed by atoms with van der Waals surface area (Å²) >= 11 is 5.00. The van der Waals surface area contributed by atoms with Gasteiger partial charge in [0, 0.05) is 17.8 Å². The molecule has 0 aliphatic carbocycles. The van der Waals surface area contributed by atoms with Crippen LogP contribution >= 0.6 is 12.2 Å². The first-order valence-electron chi connectivity index (χ1n) is 5.83. The molecule has 3 N–H and O–H groups in total. The molecule has 3 nitrogen and oxygen atoms in total. The first-order valence-corrected chi connectivity index (χ1v) is 6.24. The molecule has 1 unspecified atom stereocenters. The van der Waals surface area contributed by atoms with E-state index in [2.05, 4.69) is 10.3 Å². The van der Waals surface area contributed by atoms with Gasteiger partial charge in [-0.25, -0.2) is 4.39 Å². The van der Waals surface area contributed by atoms with E-state index < -0.39 is 0 Å². The molecule has 5 heteroatoms. The first-order chi connectivity index (χ1) is 9.08. The summed E-state index contributed by atoms with van der Waals surface area (Å²) in [5, 5.41) is 3.28. The Labute approximate surface area is 116 Å². The SMILES string of the molecule is CC(Nc1cnccc1C(N)=S)c1ccc(F)cc1. The molecule has 0 aliphatic rings. The maximum atomic E-state index is 12.9. The van der Waals surface area contributed by atoms with Crippen molar-refractivity contribution in [2.45, 2.75) is 13.0 Å². The minimum Gasteiger partial charge on any atom is -0.389 e. The number of halogens is 1. The van der Waals surface area contributed by atoms with Crippen LogP contribution in [0.15, 0.2) is 42.7 Å². The van der Waals surface area contributed by atoms with Crippen molar-refractivity contribution in [3.8, 4) is 0 Å². The van der Waals surface area contributed by atoms with E-state index in [1.807, 2.05) is 6.92 Å². The van der Waals surface area contributed by atoms with Gasteiger partial charge in [0.15, 0.2) is 0 Å². The Morgan fingerprint density at radius 1 is 1.32 bits per heavy atom. The third-order valence-corrected chi connectivity index (χ3v) is 3.05. The number of thiocarbonyl (C=S) groups is 1. The van der Waals surface area contributed by atoms with Crippen LogP contribution in [-0.2, 0) is 0 Å². The number of nitrogens with two attached hydrogens (primary N) is 1. The number of anilines is 1. The van der Waals surface area contributed by atoms with Gasteiger partial charge in [0.2, 0.25) is 0 Å². The summed E-state index contributed by atoms with van der Waals surface area (Å²) in [4.78, 5) is 4.37. The van der Waals surface area contributed by atoms with Crippen LogP contribution < -0.4 is 11.1 Å². The van der Waals surface area contributed by atoms with Crippen LogP contribution in [0.5, 0.6) is 0 Å². The molecule has 0 aliphatic heterocycles. The van der Waals surface area contributed by atoms with Crippen LogP contribution in [0.4, 0.5) is 10.1 Å². The molecule has 1 atom stereocenters. The lowest BCUT2D eigenvalue weighted by Gasteiger charge is -2.17. The van der Waals surface area contributed by atoms with E-state index in [9.17, 15) is 4.39 Å². The van der Waals surface area contributed by atoms with Crippen LogP contribution in [0.1, 0.15) is 24.1 Å². The van der Waals surface area contributed by atoms with Crippen molar-refractivity contribution in [2.24, 2.45) is 5.73 Å². The number of benzene rings is 1. The average Bonchev–Trinajstić information content (AvgIpc) is 2.39. The molecule has 2 rings (SSSR count). The van der Waals surface area contributed by atoms with Crippen molar-refractivity contribution in [1.29, 1.82) is 0 Å². The molecule has 0 fully saturated rings. The zero-order valence-electron chi connectivity index (χ0n) is 10.4. The minimum atomic E-state index is -0.249. The molecule has 0 saturated heterocycles. The van der Waals surface area contributed by atoms with E-state index in [0.717, 1.165) is 16.8 Å². The summed E-state index contributed by atoms with van der Waals surface area (Å²) in [7, 11) is 0. The minimum absolute atomic E-state index is 0.00194. The van der Waals surface area contributed by atoms with E-state index in [1.165, 1.54) is 12.1 Å². The molecule has 0 saturated carbocycles. The Morgan fingerprint density at radius 3 is 2.63 bits per heavy atom. The highest BCUT2D eigenvalue weighted by atomic mass is 32.1. The molecule has 19 heavy (non-hydrogen) atoms. The van der Waals surface area contributed by atoms with Crippen molar-refractivity contribution >= 4 is 22.9 Å². The van der Waals surface area contributed by atoms with Gasteiger partial charge >= 0.3 is 0 Å². The van der Waals surface area contributed by atoms with Crippen molar-refractivity contribution in [2.75, 3.05) is 5.32 Å². The molecular formula is C14H14FN3S. The topological polar surface area (TPSA) is 50.9 Å². The second-order valence-corrected chi connectivity index (χ2v) is 4.64. The molecule has 0 radical (unpaired) electrons. The van der Waals surface area contributed by atoms with Crippen LogP contribution in [0.25, 0.3) is 0 Å². The van der Waals surface area contributed by atoms with Crippen molar-refractivity contribution in [1.82, 2.24) is 4.98 Å². The number of aromatic nitrogens is 1. The van der Waals surface area contributed by atoms with E-state index in [-0.39, 0.29) is 11.9 Å². The van der Waals surface area contributed by atoms with Gasteiger partial charge in [0.25, 0.3) is 0 Å². The highest BCUT2D eigenvalue weighted by molar-refractivity contribution is 7.80. The fourth-order valence-electron chi connectivity index (χ4n) is 1.79. The molecule has 0 bridgehead atoms. The van der Waals surface area contributed by atoms with Crippen LogP contribution in [-0.4, -0.2) is 9.97 Å². The second kappa shape index (κ2) is 5.75. The maximum Gasteiger partial charge on any atom is 0.123 e. The Hall–Kier alpha value is -2.01. The van der Waals surface area contributed by atoms with E-state index in [4.69, 9.17) is 18.0 Å². The average molecular weight is 275 g/mol.